The molecule has 0 saturated heterocycles. The zero-order valence-electron chi connectivity index (χ0n) is 17.1. The van der Waals surface area contributed by atoms with Crippen molar-refractivity contribution >= 4 is 5.97 Å². The lowest BCUT2D eigenvalue weighted by Gasteiger charge is -2.03. The molecule has 0 fully saturated rings. The SMILES string of the molecule is [2H]C([2H])(CCCCC/C=C\C=C\C(O)CCCCC)C([2H])([2H])C(=O)O. The number of allylic oxidation sites excluding steroid dienone is 3. The van der Waals surface area contributed by atoms with E-state index in [-0.39, 0.29) is 6.42 Å². The third kappa shape index (κ3) is 16.9. The number of aliphatic carboxylic acids is 1. The summed E-state index contributed by atoms with van der Waals surface area (Å²) in [4.78, 5) is 10.8. The molecule has 0 aliphatic carbocycles. The second-order valence-electron chi connectivity index (χ2n) is 5.08. The predicted octanol–water partition coefficient (Wildman–Crippen LogP) is 4.86. The van der Waals surface area contributed by atoms with Crippen molar-refractivity contribution < 1.29 is 20.5 Å². The number of carboxylic acid groups (broad SMARTS) is 1. The van der Waals surface area contributed by atoms with E-state index in [1.54, 1.807) is 6.08 Å². The van der Waals surface area contributed by atoms with Crippen LogP contribution in [0.25, 0.3) is 0 Å². The molecule has 1 unspecified atom stereocenters. The Bertz CT molecular complexity index is 434. The first-order valence-electron chi connectivity index (χ1n) is 9.90. The Morgan fingerprint density at radius 1 is 1.14 bits per heavy atom. The molecule has 0 aliphatic rings. The summed E-state index contributed by atoms with van der Waals surface area (Å²) in [5, 5.41) is 18.5. The first kappa shape index (κ1) is 13.6. The summed E-state index contributed by atoms with van der Waals surface area (Å²) in [5.41, 5.74) is 0. The smallest absolute Gasteiger partial charge is 0.303 e. The van der Waals surface area contributed by atoms with E-state index in [1.165, 1.54) is 0 Å². The van der Waals surface area contributed by atoms with Gasteiger partial charge in [-0.3, -0.25) is 4.79 Å². The molecule has 0 bridgehead atoms. The molecule has 0 heterocycles. The lowest BCUT2D eigenvalue weighted by atomic mass is 10.1. The van der Waals surface area contributed by atoms with Crippen LogP contribution >= 0.6 is 0 Å². The van der Waals surface area contributed by atoms with E-state index in [4.69, 9.17) is 10.6 Å². The fraction of sp³-hybridized carbons (Fsp3) is 0.722. The average molecular weight is 300 g/mol. The van der Waals surface area contributed by atoms with Crippen molar-refractivity contribution in [2.75, 3.05) is 0 Å². The summed E-state index contributed by atoms with van der Waals surface area (Å²) in [7, 11) is 0. The topological polar surface area (TPSA) is 57.5 Å². The monoisotopic (exact) mass is 300 g/mol. The maximum atomic E-state index is 10.8. The maximum absolute atomic E-state index is 10.8. The maximum Gasteiger partial charge on any atom is 0.303 e. The highest BCUT2D eigenvalue weighted by Gasteiger charge is 1.97. The van der Waals surface area contributed by atoms with Gasteiger partial charge in [-0.15, -0.1) is 0 Å². The van der Waals surface area contributed by atoms with E-state index >= 15 is 0 Å². The molecule has 3 nitrogen and oxygen atoms in total. The van der Waals surface area contributed by atoms with Gasteiger partial charge in [0.25, 0.3) is 0 Å². The predicted molar refractivity (Wildman–Crippen MR) is 88.4 cm³/mol. The van der Waals surface area contributed by atoms with Gasteiger partial charge < -0.3 is 10.2 Å². The molecule has 0 aromatic rings. The molecule has 0 aromatic carbocycles. The number of hydrogen-bond acceptors (Lipinski definition) is 2. The van der Waals surface area contributed by atoms with Gasteiger partial charge in [-0.1, -0.05) is 69.8 Å². The quantitative estimate of drug-likeness (QED) is 0.356. The van der Waals surface area contributed by atoms with Crippen molar-refractivity contribution in [3.8, 4) is 0 Å². The van der Waals surface area contributed by atoms with Crippen LogP contribution in [0.5, 0.6) is 0 Å². The Morgan fingerprint density at radius 2 is 1.90 bits per heavy atom. The number of carbonyl (C=O) groups is 1. The van der Waals surface area contributed by atoms with E-state index in [0.717, 1.165) is 38.5 Å². The van der Waals surface area contributed by atoms with E-state index in [2.05, 4.69) is 6.92 Å². The van der Waals surface area contributed by atoms with Crippen LogP contribution in [0.2, 0.25) is 0 Å². The Morgan fingerprint density at radius 3 is 2.62 bits per heavy atom. The minimum Gasteiger partial charge on any atom is -0.481 e. The fourth-order valence-electron chi connectivity index (χ4n) is 1.86. The van der Waals surface area contributed by atoms with Crippen molar-refractivity contribution in [3.63, 3.8) is 0 Å². The molecule has 0 saturated carbocycles. The van der Waals surface area contributed by atoms with Crippen LogP contribution < -0.4 is 0 Å². The van der Waals surface area contributed by atoms with Crippen LogP contribution in [-0.2, 0) is 4.79 Å². The first-order valence-corrected chi connectivity index (χ1v) is 7.90. The summed E-state index contributed by atoms with van der Waals surface area (Å²) in [6.07, 6.45) is 8.58. The Balaban J connectivity index is 3.87. The molecule has 3 heteroatoms. The zero-order valence-corrected chi connectivity index (χ0v) is 13.1. The Hall–Kier alpha value is -1.09. The minimum absolute atomic E-state index is 0.111. The summed E-state index contributed by atoms with van der Waals surface area (Å²) >= 11 is 0. The number of unbranched alkanes of at least 4 members (excludes halogenated alkanes) is 5. The number of hydrogen-bond donors (Lipinski definition) is 2. The van der Waals surface area contributed by atoms with Crippen molar-refractivity contribution in [2.24, 2.45) is 0 Å². The van der Waals surface area contributed by atoms with Crippen LogP contribution in [0.3, 0.4) is 0 Å². The van der Waals surface area contributed by atoms with Crippen molar-refractivity contribution in [1.29, 1.82) is 0 Å². The Labute approximate surface area is 135 Å². The van der Waals surface area contributed by atoms with Crippen LogP contribution in [0.1, 0.15) is 82.9 Å². The number of aliphatic hydroxyl groups is 1. The summed E-state index contributed by atoms with van der Waals surface area (Å²) in [6, 6.07) is 0. The average Bonchev–Trinajstić information content (AvgIpc) is 2.53. The lowest BCUT2D eigenvalue weighted by molar-refractivity contribution is -0.137. The van der Waals surface area contributed by atoms with E-state index in [9.17, 15) is 9.90 Å². The number of rotatable bonds is 14. The molecule has 0 amide bonds. The van der Waals surface area contributed by atoms with Gasteiger partial charge in [-0.05, 0) is 25.6 Å². The van der Waals surface area contributed by atoms with Gasteiger partial charge in [-0.2, -0.15) is 0 Å². The van der Waals surface area contributed by atoms with Gasteiger partial charge in [0, 0.05) is 11.9 Å². The highest BCUT2D eigenvalue weighted by molar-refractivity contribution is 5.66. The second kappa shape index (κ2) is 15.3. The third-order valence-electron chi connectivity index (χ3n) is 3.05. The Kier molecular flexibility index (Phi) is 9.88. The second-order valence-corrected chi connectivity index (χ2v) is 5.08. The normalized spacial score (nSPS) is 17.4. The van der Waals surface area contributed by atoms with Gasteiger partial charge in [0.1, 0.15) is 0 Å². The van der Waals surface area contributed by atoms with Gasteiger partial charge >= 0.3 is 5.97 Å². The van der Waals surface area contributed by atoms with E-state index < -0.39 is 24.8 Å². The molecule has 21 heavy (non-hydrogen) atoms. The molecular formula is C18H32O3. The van der Waals surface area contributed by atoms with Crippen molar-refractivity contribution in [2.45, 2.75) is 83.6 Å². The summed E-state index contributed by atoms with van der Waals surface area (Å²) in [6.45, 7) is 2.13. The van der Waals surface area contributed by atoms with Crippen molar-refractivity contribution in [1.82, 2.24) is 0 Å². The molecule has 122 valence electrons. The molecule has 0 radical (unpaired) electrons. The first-order chi connectivity index (χ1) is 11.6. The molecule has 0 aromatic heterocycles. The number of aliphatic hydroxyl groups excluding tert-OH is 1. The molecule has 0 rings (SSSR count). The molecular weight excluding hydrogens is 264 g/mol. The van der Waals surface area contributed by atoms with Crippen molar-refractivity contribution in [3.05, 3.63) is 24.3 Å². The molecule has 0 spiro atoms. The largest absolute Gasteiger partial charge is 0.481 e. The lowest BCUT2D eigenvalue weighted by Crippen LogP contribution is -2.00. The molecule has 1 atom stereocenters. The summed E-state index contributed by atoms with van der Waals surface area (Å²) in [5.74, 6) is -1.76. The highest BCUT2D eigenvalue weighted by atomic mass is 16.4. The van der Waals surface area contributed by atoms with Crippen LogP contribution in [0.15, 0.2) is 24.3 Å². The van der Waals surface area contributed by atoms with Crippen LogP contribution in [0.4, 0.5) is 0 Å². The summed E-state index contributed by atoms with van der Waals surface area (Å²) < 4.78 is 29.8. The third-order valence-corrected chi connectivity index (χ3v) is 3.05. The van der Waals surface area contributed by atoms with E-state index in [1.807, 2.05) is 18.2 Å². The van der Waals surface area contributed by atoms with Gasteiger partial charge in [-0.25, -0.2) is 0 Å². The van der Waals surface area contributed by atoms with Crippen LogP contribution in [-0.4, -0.2) is 22.3 Å². The van der Waals surface area contributed by atoms with Crippen LogP contribution in [0, 0.1) is 0 Å². The highest BCUT2D eigenvalue weighted by Crippen LogP contribution is 2.08. The standard InChI is InChI=1S/C18H32O3/c1-2-3-11-14-17(19)15-12-9-7-5-4-6-8-10-13-16-18(20)21/h7,9,12,15,17,19H,2-6,8,10-11,13-14,16H2,1H3,(H,20,21)/b9-7-,15-12+/i13D2,16D2. The van der Waals surface area contributed by atoms with Gasteiger partial charge in [0.05, 0.1) is 6.10 Å². The molecule has 2 N–H and O–H groups in total. The van der Waals surface area contributed by atoms with Gasteiger partial charge in [0.15, 0.2) is 0 Å². The zero-order chi connectivity index (χ0) is 19.3. The fourth-order valence-corrected chi connectivity index (χ4v) is 1.86. The molecule has 0 aliphatic heterocycles. The van der Waals surface area contributed by atoms with Gasteiger partial charge in [0.2, 0.25) is 0 Å². The van der Waals surface area contributed by atoms with E-state index in [0.29, 0.717) is 12.8 Å². The number of carboxylic acids is 1. The minimum atomic E-state index is -2.87.